The predicted molar refractivity (Wildman–Crippen MR) is 59.9 cm³/mol. The van der Waals surface area contributed by atoms with E-state index in [0.717, 1.165) is 10.7 Å². The van der Waals surface area contributed by atoms with Crippen molar-refractivity contribution in [1.82, 2.24) is 10.3 Å². The fourth-order valence-electron chi connectivity index (χ4n) is 1.24. The molecule has 1 atom stereocenters. The standard InChI is InChI=1S/C10H16N2O2S/c1-6-9(15-8(3)12-6)5-11-7(2)10(13)14-4/h7,11H,5H2,1-4H3/t7-/m0/s1. The van der Waals surface area contributed by atoms with E-state index in [0.29, 0.717) is 6.54 Å². The van der Waals surface area contributed by atoms with Gasteiger partial charge in [-0.3, -0.25) is 10.1 Å². The third-order valence-electron chi connectivity index (χ3n) is 2.12. The molecule has 0 saturated carbocycles. The van der Waals surface area contributed by atoms with E-state index >= 15 is 0 Å². The van der Waals surface area contributed by atoms with Crippen LogP contribution in [0.3, 0.4) is 0 Å². The highest BCUT2D eigenvalue weighted by atomic mass is 32.1. The van der Waals surface area contributed by atoms with E-state index in [1.165, 1.54) is 12.0 Å². The average molecular weight is 228 g/mol. The van der Waals surface area contributed by atoms with Crippen LogP contribution >= 0.6 is 11.3 Å². The maximum Gasteiger partial charge on any atom is 0.322 e. The van der Waals surface area contributed by atoms with E-state index in [-0.39, 0.29) is 12.0 Å². The second-order valence-electron chi connectivity index (χ2n) is 3.37. The lowest BCUT2D eigenvalue weighted by Gasteiger charge is -2.10. The number of nitrogens with zero attached hydrogens (tertiary/aromatic N) is 1. The molecular formula is C10H16N2O2S. The zero-order valence-electron chi connectivity index (χ0n) is 9.46. The largest absolute Gasteiger partial charge is 0.468 e. The highest BCUT2D eigenvalue weighted by molar-refractivity contribution is 7.11. The average Bonchev–Trinajstić information content (AvgIpc) is 2.52. The first kappa shape index (κ1) is 12.1. The molecule has 1 N–H and O–H groups in total. The number of nitrogens with one attached hydrogen (secondary N) is 1. The summed E-state index contributed by atoms with van der Waals surface area (Å²) >= 11 is 1.65. The fraction of sp³-hybridized carbons (Fsp3) is 0.600. The molecule has 1 aromatic heterocycles. The van der Waals surface area contributed by atoms with Crippen molar-refractivity contribution in [3.63, 3.8) is 0 Å². The van der Waals surface area contributed by atoms with Gasteiger partial charge in [0, 0.05) is 11.4 Å². The molecule has 0 aliphatic carbocycles. The summed E-state index contributed by atoms with van der Waals surface area (Å²) in [5, 5.41) is 4.15. The molecule has 0 bridgehead atoms. The van der Waals surface area contributed by atoms with Crippen molar-refractivity contribution in [2.24, 2.45) is 0 Å². The maximum absolute atomic E-state index is 11.1. The Kier molecular flexibility index (Phi) is 4.23. The summed E-state index contributed by atoms with van der Waals surface area (Å²) in [6.45, 7) is 6.40. The van der Waals surface area contributed by atoms with E-state index in [2.05, 4.69) is 15.0 Å². The van der Waals surface area contributed by atoms with Crippen molar-refractivity contribution < 1.29 is 9.53 Å². The molecule has 4 nitrogen and oxygen atoms in total. The number of methoxy groups -OCH3 is 1. The molecule has 0 fully saturated rings. The number of esters is 1. The molecule has 0 amide bonds. The van der Waals surface area contributed by atoms with Crippen LogP contribution in [0.1, 0.15) is 22.5 Å². The number of aromatic nitrogens is 1. The summed E-state index contributed by atoms with van der Waals surface area (Å²) in [6.07, 6.45) is 0. The van der Waals surface area contributed by atoms with Gasteiger partial charge in [-0.05, 0) is 20.8 Å². The maximum atomic E-state index is 11.1. The van der Waals surface area contributed by atoms with Crippen LogP contribution in [0.2, 0.25) is 0 Å². The van der Waals surface area contributed by atoms with Gasteiger partial charge in [-0.25, -0.2) is 4.98 Å². The van der Waals surface area contributed by atoms with Crippen molar-refractivity contribution in [1.29, 1.82) is 0 Å². The van der Waals surface area contributed by atoms with Crippen molar-refractivity contribution in [2.75, 3.05) is 7.11 Å². The van der Waals surface area contributed by atoms with Crippen LogP contribution in [0.25, 0.3) is 0 Å². The number of carbonyl (C=O) groups excluding carboxylic acids is 1. The Morgan fingerprint density at radius 1 is 1.60 bits per heavy atom. The van der Waals surface area contributed by atoms with Gasteiger partial charge in [0.2, 0.25) is 0 Å². The molecular weight excluding hydrogens is 212 g/mol. The first-order valence-electron chi connectivity index (χ1n) is 4.78. The number of carbonyl (C=O) groups is 1. The van der Waals surface area contributed by atoms with Gasteiger partial charge in [0.1, 0.15) is 6.04 Å². The third-order valence-corrected chi connectivity index (χ3v) is 3.20. The Labute approximate surface area is 93.7 Å². The Morgan fingerprint density at radius 3 is 2.73 bits per heavy atom. The monoisotopic (exact) mass is 228 g/mol. The van der Waals surface area contributed by atoms with Crippen LogP contribution in [-0.4, -0.2) is 24.1 Å². The van der Waals surface area contributed by atoms with E-state index in [1.807, 2.05) is 13.8 Å². The highest BCUT2D eigenvalue weighted by Gasteiger charge is 2.13. The number of rotatable bonds is 4. The second kappa shape index (κ2) is 5.23. The summed E-state index contributed by atoms with van der Waals surface area (Å²) in [5.41, 5.74) is 1.03. The molecule has 1 heterocycles. The summed E-state index contributed by atoms with van der Waals surface area (Å²) in [4.78, 5) is 16.6. The Balaban J connectivity index is 2.50. The molecule has 84 valence electrons. The topological polar surface area (TPSA) is 51.2 Å². The summed E-state index contributed by atoms with van der Waals surface area (Å²) in [5.74, 6) is -0.242. The van der Waals surface area contributed by atoms with E-state index in [1.54, 1.807) is 18.3 Å². The lowest BCUT2D eigenvalue weighted by molar-refractivity contribution is -0.142. The molecule has 0 saturated heterocycles. The Bertz CT molecular complexity index is 349. The lowest BCUT2D eigenvalue weighted by Crippen LogP contribution is -2.34. The van der Waals surface area contributed by atoms with Crippen LogP contribution in [-0.2, 0) is 16.1 Å². The van der Waals surface area contributed by atoms with Gasteiger partial charge in [-0.1, -0.05) is 0 Å². The van der Waals surface area contributed by atoms with Gasteiger partial charge in [0.15, 0.2) is 0 Å². The molecule has 0 radical (unpaired) electrons. The molecule has 15 heavy (non-hydrogen) atoms. The number of thiazole rings is 1. The van der Waals surface area contributed by atoms with Crippen LogP contribution in [0.4, 0.5) is 0 Å². The number of hydrogen-bond donors (Lipinski definition) is 1. The van der Waals surface area contributed by atoms with E-state index in [9.17, 15) is 4.79 Å². The van der Waals surface area contributed by atoms with Crippen LogP contribution in [0.5, 0.6) is 0 Å². The zero-order chi connectivity index (χ0) is 11.4. The normalized spacial score (nSPS) is 12.5. The quantitative estimate of drug-likeness (QED) is 0.792. The third kappa shape index (κ3) is 3.28. The Morgan fingerprint density at radius 2 is 2.27 bits per heavy atom. The molecule has 0 unspecified atom stereocenters. The smallest absolute Gasteiger partial charge is 0.322 e. The van der Waals surface area contributed by atoms with E-state index in [4.69, 9.17) is 0 Å². The summed E-state index contributed by atoms with van der Waals surface area (Å²) in [6, 6.07) is -0.281. The van der Waals surface area contributed by atoms with E-state index < -0.39 is 0 Å². The van der Waals surface area contributed by atoms with Crippen molar-refractivity contribution in [3.05, 3.63) is 15.6 Å². The number of hydrogen-bond acceptors (Lipinski definition) is 5. The minimum Gasteiger partial charge on any atom is -0.468 e. The van der Waals surface area contributed by atoms with Crippen molar-refractivity contribution in [2.45, 2.75) is 33.4 Å². The second-order valence-corrected chi connectivity index (χ2v) is 4.65. The molecule has 0 spiro atoms. The van der Waals surface area contributed by atoms with Gasteiger partial charge in [0.05, 0.1) is 17.8 Å². The molecule has 1 rings (SSSR count). The summed E-state index contributed by atoms with van der Waals surface area (Å²) < 4.78 is 4.62. The Hall–Kier alpha value is -0.940. The first-order valence-corrected chi connectivity index (χ1v) is 5.60. The summed E-state index contributed by atoms with van der Waals surface area (Å²) in [7, 11) is 1.39. The molecule has 0 aromatic carbocycles. The van der Waals surface area contributed by atoms with Gasteiger partial charge in [-0.15, -0.1) is 11.3 Å². The lowest BCUT2D eigenvalue weighted by atomic mass is 10.3. The first-order chi connectivity index (χ1) is 7.04. The molecule has 1 aromatic rings. The molecule has 0 aliphatic rings. The minimum absolute atomic E-state index is 0.242. The zero-order valence-corrected chi connectivity index (χ0v) is 10.3. The minimum atomic E-state index is -0.281. The SMILES string of the molecule is COC(=O)[C@H](C)NCc1sc(C)nc1C. The molecule has 5 heteroatoms. The van der Waals surface area contributed by atoms with Crippen LogP contribution in [0, 0.1) is 13.8 Å². The highest BCUT2D eigenvalue weighted by Crippen LogP contribution is 2.16. The van der Waals surface area contributed by atoms with Gasteiger partial charge in [-0.2, -0.15) is 0 Å². The van der Waals surface area contributed by atoms with Crippen LogP contribution < -0.4 is 5.32 Å². The van der Waals surface area contributed by atoms with Crippen LogP contribution in [0.15, 0.2) is 0 Å². The number of aryl methyl sites for hydroxylation is 2. The van der Waals surface area contributed by atoms with Gasteiger partial charge < -0.3 is 4.74 Å². The molecule has 0 aliphatic heterocycles. The van der Waals surface area contributed by atoms with Crippen molar-refractivity contribution in [3.8, 4) is 0 Å². The van der Waals surface area contributed by atoms with Gasteiger partial charge >= 0.3 is 5.97 Å². The van der Waals surface area contributed by atoms with Gasteiger partial charge in [0.25, 0.3) is 0 Å². The predicted octanol–water partition coefficient (Wildman–Crippen LogP) is 1.41. The van der Waals surface area contributed by atoms with Crippen molar-refractivity contribution >= 4 is 17.3 Å². The number of ether oxygens (including phenoxy) is 1. The fourth-order valence-corrected chi connectivity index (χ4v) is 2.13.